The van der Waals surface area contributed by atoms with Gasteiger partial charge in [0.25, 0.3) is 0 Å². The van der Waals surface area contributed by atoms with Gasteiger partial charge in [-0.15, -0.1) is 0 Å². The number of carbonyl (C=O) groups is 1. The van der Waals surface area contributed by atoms with Gasteiger partial charge in [0.15, 0.2) is 5.13 Å². The zero-order chi connectivity index (χ0) is 13.9. The summed E-state index contributed by atoms with van der Waals surface area (Å²) in [6.45, 7) is 0.705. The van der Waals surface area contributed by atoms with Crippen molar-refractivity contribution >= 4 is 32.7 Å². The molecule has 3 rings (SSSR count). The molecular weight excluding hydrogens is 272 g/mol. The van der Waals surface area contributed by atoms with Gasteiger partial charge in [-0.3, -0.25) is 4.79 Å². The predicted octanol–water partition coefficient (Wildman–Crippen LogP) is 3.60. The van der Waals surface area contributed by atoms with Crippen molar-refractivity contribution < 1.29 is 9.90 Å². The highest BCUT2D eigenvalue weighted by molar-refractivity contribution is 7.22. The second-order valence-electron chi connectivity index (χ2n) is 5.36. The van der Waals surface area contributed by atoms with Crippen LogP contribution in [0.4, 0.5) is 5.13 Å². The molecule has 20 heavy (non-hydrogen) atoms. The van der Waals surface area contributed by atoms with Crippen LogP contribution in [0, 0.1) is 11.8 Å². The molecule has 2 N–H and O–H groups in total. The first-order valence-corrected chi connectivity index (χ1v) is 7.88. The SMILES string of the molecule is O=C(O)C1CCCCC1CNc1nc2ccccc2s1. The number of carboxylic acids is 1. The Labute approximate surface area is 121 Å². The summed E-state index contributed by atoms with van der Waals surface area (Å²) >= 11 is 1.63. The van der Waals surface area contributed by atoms with Crippen molar-refractivity contribution in [3.05, 3.63) is 24.3 Å². The van der Waals surface area contributed by atoms with E-state index >= 15 is 0 Å². The van der Waals surface area contributed by atoms with Crippen LogP contribution in [0.15, 0.2) is 24.3 Å². The number of hydrogen-bond acceptors (Lipinski definition) is 4. The zero-order valence-corrected chi connectivity index (χ0v) is 12.0. The normalized spacial score (nSPS) is 22.8. The molecule has 0 radical (unpaired) electrons. The van der Waals surface area contributed by atoms with Gasteiger partial charge in [-0.2, -0.15) is 0 Å². The molecule has 1 heterocycles. The van der Waals surface area contributed by atoms with Crippen molar-refractivity contribution in [3.8, 4) is 0 Å². The highest BCUT2D eigenvalue weighted by Crippen LogP contribution is 2.31. The minimum Gasteiger partial charge on any atom is -0.481 e. The number of hydrogen-bond donors (Lipinski definition) is 2. The van der Waals surface area contributed by atoms with Gasteiger partial charge in [0.1, 0.15) is 0 Å². The van der Waals surface area contributed by atoms with E-state index in [1.165, 1.54) is 0 Å². The van der Waals surface area contributed by atoms with E-state index in [2.05, 4.69) is 16.4 Å². The van der Waals surface area contributed by atoms with Crippen molar-refractivity contribution in [1.29, 1.82) is 0 Å². The molecule has 2 aromatic rings. The maximum absolute atomic E-state index is 11.3. The molecule has 0 saturated heterocycles. The van der Waals surface area contributed by atoms with E-state index in [1.807, 2.05) is 18.2 Å². The number of carboxylic acid groups (broad SMARTS) is 1. The predicted molar refractivity (Wildman–Crippen MR) is 81.2 cm³/mol. The first kappa shape index (κ1) is 13.4. The third kappa shape index (κ3) is 2.77. The van der Waals surface area contributed by atoms with E-state index in [0.29, 0.717) is 6.54 Å². The molecule has 1 fully saturated rings. The molecule has 4 nitrogen and oxygen atoms in total. The van der Waals surface area contributed by atoms with Crippen LogP contribution < -0.4 is 5.32 Å². The lowest BCUT2D eigenvalue weighted by Gasteiger charge is -2.28. The van der Waals surface area contributed by atoms with Crippen LogP contribution in [0.1, 0.15) is 25.7 Å². The average Bonchev–Trinajstić information content (AvgIpc) is 2.88. The second-order valence-corrected chi connectivity index (χ2v) is 6.39. The van der Waals surface area contributed by atoms with Crippen LogP contribution in [-0.2, 0) is 4.79 Å². The second kappa shape index (κ2) is 5.79. The van der Waals surface area contributed by atoms with E-state index in [9.17, 15) is 9.90 Å². The lowest BCUT2D eigenvalue weighted by Crippen LogP contribution is -2.31. The summed E-state index contributed by atoms with van der Waals surface area (Å²) in [5.74, 6) is -0.639. The lowest BCUT2D eigenvalue weighted by atomic mass is 9.79. The summed E-state index contributed by atoms with van der Waals surface area (Å²) in [5.41, 5.74) is 0.999. The highest BCUT2D eigenvalue weighted by Gasteiger charge is 2.30. The molecule has 2 unspecified atom stereocenters. The number of rotatable bonds is 4. The van der Waals surface area contributed by atoms with E-state index in [-0.39, 0.29) is 11.8 Å². The Hall–Kier alpha value is -1.62. The fourth-order valence-electron chi connectivity index (χ4n) is 2.94. The quantitative estimate of drug-likeness (QED) is 0.903. The van der Waals surface area contributed by atoms with E-state index in [4.69, 9.17) is 0 Å². The van der Waals surface area contributed by atoms with Gasteiger partial charge in [0, 0.05) is 6.54 Å². The minimum atomic E-state index is -0.652. The fraction of sp³-hybridized carbons (Fsp3) is 0.467. The number of fused-ring (bicyclic) bond motifs is 1. The highest BCUT2D eigenvalue weighted by atomic mass is 32.1. The van der Waals surface area contributed by atoms with Crippen molar-refractivity contribution in [1.82, 2.24) is 4.98 Å². The number of nitrogens with one attached hydrogen (secondary N) is 1. The Bertz CT molecular complexity index is 578. The molecule has 106 valence electrons. The molecular formula is C15H18N2O2S. The van der Waals surface area contributed by atoms with Crippen molar-refractivity contribution in [2.75, 3.05) is 11.9 Å². The third-order valence-corrected chi connectivity index (χ3v) is 5.03. The first-order chi connectivity index (χ1) is 9.74. The molecule has 0 spiro atoms. The summed E-state index contributed by atoms with van der Waals surface area (Å²) in [6.07, 6.45) is 3.97. The number of nitrogens with zero attached hydrogens (tertiary/aromatic N) is 1. The number of thiazole rings is 1. The minimum absolute atomic E-state index is 0.203. The number of aromatic nitrogens is 1. The standard InChI is InChI=1S/C15H18N2O2S/c18-14(19)11-6-2-1-5-10(11)9-16-15-17-12-7-3-4-8-13(12)20-15/h3-4,7-8,10-11H,1-2,5-6,9H2,(H,16,17)(H,18,19). The van der Waals surface area contributed by atoms with Gasteiger partial charge in [-0.1, -0.05) is 36.3 Å². The maximum Gasteiger partial charge on any atom is 0.306 e. The van der Waals surface area contributed by atoms with Crippen molar-refractivity contribution in [2.24, 2.45) is 11.8 Å². The molecule has 1 aromatic carbocycles. The Kier molecular flexibility index (Phi) is 3.87. The molecule has 0 amide bonds. The zero-order valence-electron chi connectivity index (χ0n) is 11.2. The average molecular weight is 290 g/mol. The number of anilines is 1. The third-order valence-electron chi connectivity index (χ3n) is 4.04. The molecule has 2 atom stereocenters. The molecule has 1 aliphatic rings. The van der Waals surface area contributed by atoms with Gasteiger partial charge < -0.3 is 10.4 Å². The molecule has 1 aliphatic carbocycles. The van der Waals surface area contributed by atoms with E-state index in [0.717, 1.165) is 41.0 Å². The van der Waals surface area contributed by atoms with Crippen molar-refractivity contribution in [2.45, 2.75) is 25.7 Å². The monoisotopic (exact) mass is 290 g/mol. The summed E-state index contributed by atoms with van der Waals surface area (Å²) in [5, 5.41) is 13.5. The van der Waals surface area contributed by atoms with E-state index in [1.54, 1.807) is 11.3 Å². The van der Waals surface area contributed by atoms with Crippen LogP contribution in [-0.4, -0.2) is 22.6 Å². The first-order valence-electron chi connectivity index (χ1n) is 7.06. The van der Waals surface area contributed by atoms with Gasteiger partial charge in [0.2, 0.25) is 0 Å². The molecule has 0 aliphatic heterocycles. The van der Waals surface area contributed by atoms with Gasteiger partial charge >= 0.3 is 5.97 Å². The lowest BCUT2D eigenvalue weighted by molar-refractivity contribution is -0.144. The molecule has 5 heteroatoms. The van der Waals surface area contributed by atoms with Crippen molar-refractivity contribution in [3.63, 3.8) is 0 Å². The fourth-order valence-corrected chi connectivity index (χ4v) is 3.82. The summed E-state index contributed by atoms with van der Waals surface area (Å²) in [4.78, 5) is 15.8. The Balaban J connectivity index is 1.67. The van der Waals surface area contributed by atoms with Crippen LogP contribution in [0.5, 0.6) is 0 Å². The smallest absolute Gasteiger partial charge is 0.306 e. The van der Waals surface area contributed by atoms with Crippen LogP contribution in [0.2, 0.25) is 0 Å². The largest absolute Gasteiger partial charge is 0.481 e. The summed E-state index contributed by atoms with van der Waals surface area (Å²) < 4.78 is 1.16. The summed E-state index contributed by atoms with van der Waals surface area (Å²) in [7, 11) is 0. The van der Waals surface area contributed by atoms with Crippen LogP contribution in [0.3, 0.4) is 0 Å². The maximum atomic E-state index is 11.3. The Morgan fingerprint density at radius 3 is 2.95 bits per heavy atom. The van der Waals surface area contributed by atoms with Crippen LogP contribution in [0.25, 0.3) is 10.2 Å². The Morgan fingerprint density at radius 2 is 2.15 bits per heavy atom. The number of aliphatic carboxylic acids is 1. The molecule has 1 saturated carbocycles. The van der Waals surface area contributed by atoms with E-state index < -0.39 is 5.97 Å². The summed E-state index contributed by atoms with van der Waals surface area (Å²) in [6, 6.07) is 8.04. The van der Waals surface area contributed by atoms with Gasteiger partial charge in [-0.25, -0.2) is 4.98 Å². The van der Waals surface area contributed by atoms with Crippen LogP contribution >= 0.6 is 11.3 Å². The Morgan fingerprint density at radius 1 is 1.35 bits per heavy atom. The topological polar surface area (TPSA) is 62.2 Å². The van der Waals surface area contributed by atoms with Gasteiger partial charge in [0.05, 0.1) is 16.1 Å². The number of benzene rings is 1. The number of para-hydroxylation sites is 1. The molecule has 1 aromatic heterocycles. The molecule has 0 bridgehead atoms. The van der Waals surface area contributed by atoms with Gasteiger partial charge in [-0.05, 0) is 30.9 Å².